The standard InChI is InChI=1S/C17H24N4O/c1-11(2)10-21-14(5)15(13(4)20-21)9-17(22)19-16-8-12(3)6-7-18-16/h6-8,11H,9-10H2,1-5H3,(H,18,19,22). The Kier molecular flexibility index (Phi) is 4.96. The zero-order valence-electron chi connectivity index (χ0n) is 14.0. The third-order valence-corrected chi connectivity index (χ3v) is 3.59. The van der Waals surface area contributed by atoms with Gasteiger partial charge < -0.3 is 5.32 Å². The summed E-state index contributed by atoms with van der Waals surface area (Å²) < 4.78 is 1.99. The monoisotopic (exact) mass is 300 g/mol. The number of carbonyl (C=O) groups excluding carboxylic acids is 1. The predicted octanol–water partition coefficient (Wildman–Crippen LogP) is 3.04. The van der Waals surface area contributed by atoms with Gasteiger partial charge in [0, 0.05) is 24.0 Å². The Labute approximate surface area is 131 Å². The maximum Gasteiger partial charge on any atom is 0.230 e. The Morgan fingerprint density at radius 1 is 1.32 bits per heavy atom. The Bertz CT molecular complexity index is 673. The fourth-order valence-electron chi connectivity index (χ4n) is 2.47. The van der Waals surface area contributed by atoms with Crippen molar-refractivity contribution >= 4 is 11.7 Å². The van der Waals surface area contributed by atoms with Crippen molar-refractivity contribution in [2.45, 2.75) is 47.6 Å². The van der Waals surface area contributed by atoms with Crippen LogP contribution in [0.2, 0.25) is 0 Å². The molecule has 0 spiro atoms. The van der Waals surface area contributed by atoms with Crippen LogP contribution in [0, 0.1) is 26.7 Å². The fourth-order valence-corrected chi connectivity index (χ4v) is 2.47. The number of aryl methyl sites for hydroxylation is 2. The van der Waals surface area contributed by atoms with Gasteiger partial charge in [0.1, 0.15) is 5.82 Å². The number of anilines is 1. The van der Waals surface area contributed by atoms with Gasteiger partial charge in [0.05, 0.1) is 12.1 Å². The van der Waals surface area contributed by atoms with Crippen molar-refractivity contribution < 1.29 is 4.79 Å². The third-order valence-electron chi connectivity index (χ3n) is 3.59. The molecular formula is C17H24N4O. The Morgan fingerprint density at radius 2 is 2.05 bits per heavy atom. The summed E-state index contributed by atoms with van der Waals surface area (Å²) in [6, 6.07) is 3.76. The van der Waals surface area contributed by atoms with Gasteiger partial charge in [-0.15, -0.1) is 0 Å². The maximum atomic E-state index is 12.2. The molecule has 2 heterocycles. The summed E-state index contributed by atoms with van der Waals surface area (Å²) in [5.41, 5.74) is 4.07. The quantitative estimate of drug-likeness (QED) is 0.923. The molecule has 0 aliphatic heterocycles. The van der Waals surface area contributed by atoms with Gasteiger partial charge in [0.15, 0.2) is 0 Å². The zero-order valence-corrected chi connectivity index (χ0v) is 14.0. The van der Waals surface area contributed by atoms with E-state index in [2.05, 4.69) is 29.2 Å². The molecule has 0 aliphatic rings. The summed E-state index contributed by atoms with van der Waals surface area (Å²) in [4.78, 5) is 16.4. The van der Waals surface area contributed by atoms with E-state index in [9.17, 15) is 4.79 Å². The molecule has 5 nitrogen and oxygen atoms in total. The maximum absolute atomic E-state index is 12.2. The van der Waals surface area contributed by atoms with Crippen LogP contribution in [-0.2, 0) is 17.8 Å². The average Bonchev–Trinajstić information content (AvgIpc) is 2.66. The molecule has 1 amide bonds. The summed E-state index contributed by atoms with van der Waals surface area (Å²) in [5, 5.41) is 7.39. The molecule has 0 atom stereocenters. The summed E-state index contributed by atoms with van der Waals surface area (Å²) in [6.07, 6.45) is 2.02. The molecule has 2 rings (SSSR count). The molecule has 0 aromatic carbocycles. The van der Waals surface area contributed by atoms with Gasteiger partial charge in [-0.05, 0) is 44.4 Å². The normalized spacial score (nSPS) is 11.0. The van der Waals surface area contributed by atoms with Crippen molar-refractivity contribution in [3.8, 4) is 0 Å². The number of nitrogens with zero attached hydrogens (tertiary/aromatic N) is 3. The fraction of sp³-hybridized carbons (Fsp3) is 0.471. The minimum Gasteiger partial charge on any atom is -0.310 e. The second kappa shape index (κ2) is 6.73. The first kappa shape index (κ1) is 16.2. The van der Waals surface area contributed by atoms with Crippen molar-refractivity contribution in [1.82, 2.24) is 14.8 Å². The molecular weight excluding hydrogens is 276 g/mol. The molecule has 1 N–H and O–H groups in total. The van der Waals surface area contributed by atoms with Crippen molar-refractivity contribution in [1.29, 1.82) is 0 Å². The van der Waals surface area contributed by atoms with Crippen molar-refractivity contribution in [3.05, 3.63) is 40.8 Å². The van der Waals surface area contributed by atoms with Gasteiger partial charge >= 0.3 is 0 Å². The van der Waals surface area contributed by atoms with E-state index in [0.717, 1.165) is 29.1 Å². The number of pyridine rings is 1. The second-order valence-electron chi connectivity index (χ2n) is 6.17. The first-order valence-corrected chi connectivity index (χ1v) is 7.62. The lowest BCUT2D eigenvalue weighted by Crippen LogP contribution is -2.16. The second-order valence-corrected chi connectivity index (χ2v) is 6.17. The van der Waals surface area contributed by atoms with Crippen molar-refractivity contribution in [2.24, 2.45) is 5.92 Å². The van der Waals surface area contributed by atoms with Gasteiger partial charge in [-0.1, -0.05) is 13.8 Å². The highest BCUT2D eigenvalue weighted by atomic mass is 16.1. The molecule has 118 valence electrons. The number of amides is 1. The van der Waals surface area contributed by atoms with E-state index < -0.39 is 0 Å². The summed E-state index contributed by atoms with van der Waals surface area (Å²) in [5.74, 6) is 1.06. The van der Waals surface area contributed by atoms with Crippen LogP contribution in [0.5, 0.6) is 0 Å². The molecule has 22 heavy (non-hydrogen) atoms. The predicted molar refractivity (Wildman–Crippen MR) is 87.8 cm³/mol. The largest absolute Gasteiger partial charge is 0.310 e. The van der Waals surface area contributed by atoms with Crippen LogP contribution >= 0.6 is 0 Å². The summed E-state index contributed by atoms with van der Waals surface area (Å²) in [6.45, 7) is 11.1. The van der Waals surface area contributed by atoms with Gasteiger partial charge in [0.25, 0.3) is 0 Å². The molecule has 0 saturated carbocycles. The van der Waals surface area contributed by atoms with Crippen LogP contribution < -0.4 is 5.32 Å². The van der Waals surface area contributed by atoms with Crippen LogP contribution in [0.1, 0.15) is 36.4 Å². The van der Waals surface area contributed by atoms with Crippen LogP contribution in [0.15, 0.2) is 18.3 Å². The van der Waals surface area contributed by atoms with E-state index in [1.165, 1.54) is 0 Å². The number of aromatic nitrogens is 3. The van der Waals surface area contributed by atoms with Crippen LogP contribution in [0.4, 0.5) is 5.82 Å². The molecule has 0 fully saturated rings. The van der Waals surface area contributed by atoms with Gasteiger partial charge in [0.2, 0.25) is 5.91 Å². The molecule has 2 aromatic heterocycles. The average molecular weight is 300 g/mol. The molecule has 0 radical (unpaired) electrons. The molecule has 5 heteroatoms. The van der Waals surface area contributed by atoms with Crippen LogP contribution in [0.3, 0.4) is 0 Å². The number of carbonyl (C=O) groups is 1. The summed E-state index contributed by atoms with van der Waals surface area (Å²) in [7, 11) is 0. The molecule has 2 aromatic rings. The van der Waals surface area contributed by atoms with Crippen molar-refractivity contribution in [3.63, 3.8) is 0 Å². The van der Waals surface area contributed by atoms with Crippen LogP contribution in [0.25, 0.3) is 0 Å². The van der Waals surface area contributed by atoms with Gasteiger partial charge in [-0.3, -0.25) is 9.48 Å². The third kappa shape index (κ3) is 3.93. The first-order valence-electron chi connectivity index (χ1n) is 7.62. The Hall–Kier alpha value is -2.17. The molecule has 0 unspecified atom stereocenters. The smallest absolute Gasteiger partial charge is 0.230 e. The lowest BCUT2D eigenvalue weighted by atomic mass is 10.1. The van der Waals surface area contributed by atoms with E-state index >= 15 is 0 Å². The Balaban J connectivity index is 2.10. The zero-order chi connectivity index (χ0) is 16.3. The van der Waals surface area contributed by atoms with Crippen molar-refractivity contribution in [2.75, 3.05) is 5.32 Å². The number of nitrogens with one attached hydrogen (secondary N) is 1. The van der Waals surface area contributed by atoms with E-state index in [1.807, 2.05) is 37.6 Å². The topological polar surface area (TPSA) is 59.8 Å². The van der Waals surface area contributed by atoms with E-state index in [0.29, 0.717) is 18.2 Å². The number of hydrogen-bond acceptors (Lipinski definition) is 3. The van der Waals surface area contributed by atoms with Gasteiger partial charge in [-0.2, -0.15) is 5.10 Å². The molecule has 0 bridgehead atoms. The van der Waals surface area contributed by atoms with Gasteiger partial charge in [-0.25, -0.2) is 4.98 Å². The minimum atomic E-state index is -0.0617. The SMILES string of the molecule is Cc1ccnc(NC(=O)Cc2c(C)nn(CC(C)C)c2C)c1. The highest BCUT2D eigenvalue weighted by molar-refractivity contribution is 5.91. The highest BCUT2D eigenvalue weighted by Crippen LogP contribution is 2.16. The number of rotatable bonds is 5. The Morgan fingerprint density at radius 3 is 2.68 bits per heavy atom. The van der Waals surface area contributed by atoms with Crippen LogP contribution in [-0.4, -0.2) is 20.7 Å². The van der Waals surface area contributed by atoms with E-state index in [4.69, 9.17) is 0 Å². The highest BCUT2D eigenvalue weighted by Gasteiger charge is 2.15. The first-order chi connectivity index (χ1) is 10.4. The number of hydrogen-bond donors (Lipinski definition) is 1. The molecule has 0 aliphatic carbocycles. The molecule has 0 saturated heterocycles. The van der Waals surface area contributed by atoms with E-state index in [-0.39, 0.29) is 5.91 Å². The lowest BCUT2D eigenvalue weighted by Gasteiger charge is -2.08. The minimum absolute atomic E-state index is 0.0617. The summed E-state index contributed by atoms with van der Waals surface area (Å²) >= 11 is 0. The van der Waals surface area contributed by atoms with E-state index in [1.54, 1.807) is 6.20 Å². The lowest BCUT2D eigenvalue weighted by molar-refractivity contribution is -0.115.